The van der Waals surface area contributed by atoms with Crippen LogP contribution in [0.15, 0.2) is 18.2 Å². The number of benzene rings is 1. The summed E-state index contributed by atoms with van der Waals surface area (Å²) in [5, 5.41) is 3.45. The van der Waals surface area contributed by atoms with Gasteiger partial charge in [-0.3, -0.25) is 4.79 Å². The highest BCUT2D eigenvalue weighted by molar-refractivity contribution is 5.93. The average molecular weight is 339 g/mol. The van der Waals surface area contributed by atoms with Crippen LogP contribution in [0.2, 0.25) is 0 Å². The number of carbonyl (C=O) groups is 1. The number of rotatable bonds is 5. The van der Waals surface area contributed by atoms with Crippen LogP contribution in [0.5, 0.6) is 0 Å². The number of hydrogen-bond acceptors (Lipinski definition) is 2. The molecule has 1 saturated heterocycles. The van der Waals surface area contributed by atoms with Crippen LogP contribution in [-0.2, 0) is 4.79 Å². The summed E-state index contributed by atoms with van der Waals surface area (Å²) in [5.74, 6) is 1.33. The second-order valence-corrected chi connectivity index (χ2v) is 6.77. The van der Waals surface area contributed by atoms with Gasteiger partial charge in [-0.2, -0.15) is 0 Å². The van der Waals surface area contributed by atoms with Gasteiger partial charge in [0.25, 0.3) is 0 Å². The van der Waals surface area contributed by atoms with Crippen molar-refractivity contribution in [2.75, 3.05) is 24.5 Å². The first kappa shape index (κ1) is 20.0. The van der Waals surface area contributed by atoms with Gasteiger partial charge in [-0.1, -0.05) is 13.0 Å². The number of hydrogen-bond donors (Lipinski definition) is 1. The first-order valence-corrected chi connectivity index (χ1v) is 8.60. The molecule has 1 fully saturated rings. The Morgan fingerprint density at radius 1 is 1.30 bits per heavy atom. The van der Waals surface area contributed by atoms with E-state index in [0.29, 0.717) is 18.3 Å². The van der Waals surface area contributed by atoms with Crippen LogP contribution in [0.4, 0.5) is 5.69 Å². The zero-order valence-electron chi connectivity index (χ0n) is 14.9. The Bertz CT molecular complexity index is 492. The Balaban J connectivity index is 0.00000264. The molecule has 1 aliphatic rings. The largest absolute Gasteiger partial charge is 0.316 e. The standard InChI is InChI=1S/C19H30N2O.ClH/c1-5-21(18-10-14(2)9-15(3)11-18)19(22)12-16(4)17-7-6-8-20-13-17;/h9-11,16-17,20H,5-8,12-13H2,1-4H3;1H. The van der Waals surface area contributed by atoms with Gasteiger partial charge < -0.3 is 10.2 Å². The average Bonchev–Trinajstić information content (AvgIpc) is 2.47. The minimum atomic E-state index is 0. The van der Waals surface area contributed by atoms with Gasteiger partial charge in [0.1, 0.15) is 0 Å². The third-order valence-electron chi connectivity index (χ3n) is 4.77. The molecular weight excluding hydrogens is 308 g/mol. The van der Waals surface area contributed by atoms with Crippen molar-refractivity contribution >= 4 is 24.0 Å². The maximum Gasteiger partial charge on any atom is 0.227 e. The molecule has 2 unspecified atom stereocenters. The van der Waals surface area contributed by atoms with Crippen LogP contribution >= 0.6 is 12.4 Å². The summed E-state index contributed by atoms with van der Waals surface area (Å²) < 4.78 is 0. The van der Waals surface area contributed by atoms with Crippen LogP contribution in [0, 0.1) is 25.7 Å². The quantitative estimate of drug-likeness (QED) is 0.876. The molecule has 1 aromatic carbocycles. The lowest BCUT2D eigenvalue weighted by atomic mass is 9.85. The Morgan fingerprint density at radius 3 is 2.48 bits per heavy atom. The predicted molar refractivity (Wildman–Crippen MR) is 101 cm³/mol. The molecule has 1 heterocycles. The summed E-state index contributed by atoms with van der Waals surface area (Å²) >= 11 is 0. The maximum atomic E-state index is 12.8. The molecule has 0 spiro atoms. The molecular formula is C19H31ClN2O. The van der Waals surface area contributed by atoms with Crippen LogP contribution in [0.25, 0.3) is 0 Å². The molecule has 3 nitrogen and oxygen atoms in total. The van der Waals surface area contributed by atoms with E-state index in [4.69, 9.17) is 0 Å². The zero-order chi connectivity index (χ0) is 16.1. The number of amides is 1. The molecule has 0 aliphatic carbocycles. The number of nitrogens with zero attached hydrogens (tertiary/aromatic N) is 1. The molecule has 1 aliphatic heterocycles. The van der Waals surface area contributed by atoms with E-state index in [9.17, 15) is 4.79 Å². The summed E-state index contributed by atoms with van der Waals surface area (Å²) in [7, 11) is 0. The minimum Gasteiger partial charge on any atom is -0.316 e. The second kappa shape index (κ2) is 9.29. The maximum absolute atomic E-state index is 12.8. The van der Waals surface area contributed by atoms with Crippen molar-refractivity contribution in [1.29, 1.82) is 0 Å². The van der Waals surface area contributed by atoms with E-state index >= 15 is 0 Å². The van der Waals surface area contributed by atoms with Crippen molar-refractivity contribution in [2.24, 2.45) is 11.8 Å². The van der Waals surface area contributed by atoms with Crippen LogP contribution in [0.3, 0.4) is 0 Å². The lowest BCUT2D eigenvalue weighted by Crippen LogP contribution is -2.37. The Hall–Kier alpha value is -1.06. The highest BCUT2D eigenvalue weighted by Gasteiger charge is 2.24. The monoisotopic (exact) mass is 338 g/mol. The van der Waals surface area contributed by atoms with E-state index in [1.807, 2.05) is 4.90 Å². The van der Waals surface area contributed by atoms with Gasteiger partial charge in [-0.25, -0.2) is 0 Å². The number of piperidine rings is 1. The first-order valence-electron chi connectivity index (χ1n) is 8.60. The Labute approximate surface area is 147 Å². The normalized spacial score (nSPS) is 18.9. The van der Waals surface area contributed by atoms with Gasteiger partial charge in [0.05, 0.1) is 0 Å². The third kappa shape index (κ3) is 5.50. The molecule has 1 N–H and O–H groups in total. The van der Waals surface area contributed by atoms with Crippen LogP contribution in [0.1, 0.15) is 44.2 Å². The fraction of sp³-hybridized carbons (Fsp3) is 0.632. The molecule has 0 bridgehead atoms. The van der Waals surface area contributed by atoms with Gasteiger partial charge in [0.15, 0.2) is 0 Å². The molecule has 130 valence electrons. The van der Waals surface area contributed by atoms with E-state index in [0.717, 1.165) is 25.3 Å². The smallest absolute Gasteiger partial charge is 0.227 e. The van der Waals surface area contributed by atoms with Gasteiger partial charge >= 0.3 is 0 Å². The Morgan fingerprint density at radius 2 is 1.96 bits per heavy atom. The summed E-state index contributed by atoms with van der Waals surface area (Å²) in [5.41, 5.74) is 3.47. The van der Waals surface area contributed by atoms with E-state index in [-0.39, 0.29) is 18.3 Å². The molecule has 2 rings (SSSR count). The first-order chi connectivity index (χ1) is 10.5. The summed E-state index contributed by atoms with van der Waals surface area (Å²) in [6.45, 7) is 11.4. The topological polar surface area (TPSA) is 32.3 Å². The minimum absolute atomic E-state index is 0. The SMILES string of the molecule is CCN(C(=O)CC(C)C1CCCNC1)c1cc(C)cc(C)c1.Cl. The van der Waals surface area contributed by atoms with Gasteiger partial charge in [0, 0.05) is 18.7 Å². The van der Waals surface area contributed by atoms with E-state index in [1.165, 1.54) is 24.0 Å². The molecule has 0 saturated carbocycles. The summed E-state index contributed by atoms with van der Waals surface area (Å²) in [6.07, 6.45) is 3.13. The van der Waals surface area contributed by atoms with Crippen molar-refractivity contribution in [3.05, 3.63) is 29.3 Å². The third-order valence-corrected chi connectivity index (χ3v) is 4.77. The van der Waals surface area contributed by atoms with Gasteiger partial charge in [-0.15, -0.1) is 12.4 Å². The second-order valence-electron chi connectivity index (χ2n) is 6.77. The zero-order valence-corrected chi connectivity index (χ0v) is 15.7. The van der Waals surface area contributed by atoms with E-state index in [1.54, 1.807) is 0 Å². The van der Waals surface area contributed by atoms with Gasteiger partial charge in [-0.05, 0) is 81.8 Å². The highest BCUT2D eigenvalue weighted by atomic mass is 35.5. The van der Waals surface area contributed by atoms with E-state index < -0.39 is 0 Å². The van der Waals surface area contributed by atoms with Crippen LogP contribution < -0.4 is 10.2 Å². The van der Waals surface area contributed by atoms with Crippen molar-refractivity contribution in [1.82, 2.24) is 5.32 Å². The van der Waals surface area contributed by atoms with E-state index in [2.05, 4.69) is 51.2 Å². The molecule has 2 atom stereocenters. The Kier molecular flexibility index (Phi) is 8.07. The molecule has 0 radical (unpaired) electrons. The fourth-order valence-corrected chi connectivity index (χ4v) is 3.53. The molecule has 1 aromatic rings. The number of halogens is 1. The predicted octanol–water partition coefficient (Wildman–Crippen LogP) is 4.10. The molecule has 23 heavy (non-hydrogen) atoms. The number of carbonyl (C=O) groups excluding carboxylic acids is 1. The number of nitrogens with one attached hydrogen (secondary N) is 1. The van der Waals surface area contributed by atoms with Crippen molar-refractivity contribution < 1.29 is 4.79 Å². The van der Waals surface area contributed by atoms with Crippen molar-refractivity contribution in [3.63, 3.8) is 0 Å². The molecule has 4 heteroatoms. The summed E-state index contributed by atoms with van der Waals surface area (Å²) in [4.78, 5) is 14.7. The lowest BCUT2D eigenvalue weighted by Gasteiger charge is -2.30. The van der Waals surface area contributed by atoms with Gasteiger partial charge in [0.2, 0.25) is 5.91 Å². The fourth-order valence-electron chi connectivity index (χ4n) is 3.53. The van der Waals surface area contributed by atoms with Crippen molar-refractivity contribution in [3.8, 4) is 0 Å². The molecule has 0 aromatic heterocycles. The van der Waals surface area contributed by atoms with Crippen LogP contribution in [-0.4, -0.2) is 25.5 Å². The number of anilines is 1. The lowest BCUT2D eigenvalue weighted by molar-refractivity contribution is -0.119. The highest BCUT2D eigenvalue weighted by Crippen LogP contribution is 2.25. The molecule has 1 amide bonds. The van der Waals surface area contributed by atoms with Crippen molar-refractivity contribution in [2.45, 2.75) is 47.0 Å². The number of aryl methyl sites for hydroxylation is 2. The summed E-state index contributed by atoms with van der Waals surface area (Å²) in [6, 6.07) is 6.38.